The quantitative estimate of drug-likeness (QED) is 0.447. The van der Waals surface area contributed by atoms with Crippen LogP contribution in [-0.4, -0.2) is 33.3 Å². The molecule has 0 radical (unpaired) electrons. The third-order valence-corrected chi connectivity index (χ3v) is 5.72. The lowest BCUT2D eigenvalue weighted by Crippen LogP contribution is -2.41. The second kappa shape index (κ2) is 7.00. The van der Waals surface area contributed by atoms with Gasteiger partial charge >= 0.3 is 7.12 Å². The maximum atomic E-state index is 12.0. The summed E-state index contributed by atoms with van der Waals surface area (Å²) in [5.41, 5.74) is 0.236. The second-order valence-corrected chi connectivity index (χ2v) is 8.55. The molecule has 0 aromatic heterocycles. The van der Waals surface area contributed by atoms with Gasteiger partial charge in [-0.15, -0.1) is 0 Å². The molecule has 7 heteroatoms. The molecule has 0 atom stereocenters. The fraction of sp³-hybridized carbons (Fsp3) is 0.529. The first-order chi connectivity index (χ1) is 11.0. The van der Waals surface area contributed by atoms with Crippen molar-refractivity contribution in [1.82, 2.24) is 0 Å². The Morgan fingerprint density at radius 2 is 1.62 bits per heavy atom. The van der Waals surface area contributed by atoms with Gasteiger partial charge in [0.15, 0.2) is 0 Å². The molecule has 0 saturated carbocycles. The molecule has 1 aliphatic rings. The van der Waals surface area contributed by atoms with Gasteiger partial charge in [0.05, 0.1) is 22.7 Å². The van der Waals surface area contributed by atoms with E-state index in [1.165, 1.54) is 0 Å². The van der Waals surface area contributed by atoms with Crippen molar-refractivity contribution in [3.8, 4) is 0 Å². The van der Waals surface area contributed by atoms with Gasteiger partial charge in [-0.25, -0.2) is 0 Å². The molecule has 24 heavy (non-hydrogen) atoms. The third kappa shape index (κ3) is 4.48. The van der Waals surface area contributed by atoms with Gasteiger partial charge in [0.25, 0.3) is 10.1 Å². The van der Waals surface area contributed by atoms with E-state index in [0.29, 0.717) is 6.42 Å². The van der Waals surface area contributed by atoms with Crippen LogP contribution >= 0.6 is 0 Å². The van der Waals surface area contributed by atoms with E-state index in [2.05, 4.69) is 0 Å². The van der Waals surface area contributed by atoms with E-state index in [0.717, 1.165) is 5.56 Å². The molecule has 5 nitrogen and oxygen atoms in total. The van der Waals surface area contributed by atoms with Crippen molar-refractivity contribution in [3.63, 3.8) is 0 Å². The molecule has 1 heterocycles. The zero-order chi connectivity index (χ0) is 18.0. The molecule has 0 bridgehead atoms. The van der Waals surface area contributed by atoms with Crippen LogP contribution in [0.25, 0.3) is 0 Å². The first-order valence-electron chi connectivity index (χ1n) is 8.02. The van der Waals surface area contributed by atoms with Crippen molar-refractivity contribution in [2.45, 2.75) is 57.1 Å². The minimum atomic E-state index is -3.71. The Morgan fingerprint density at radius 1 is 1.08 bits per heavy atom. The summed E-state index contributed by atoms with van der Waals surface area (Å²) in [7, 11) is -4.14. The zero-order valence-corrected chi connectivity index (χ0v) is 15.7. The highest BCUT2D eigenvalue weighted by molar-refractivity contribution is 7.86. The Hall–Kier alpha value is -1.15. The summed E-state index contributed by atoms with van der Waals surface area (Å²) in [4.78, 5) is 0.169. The first-order valence-corrected chi connectivity index (χ1v) is 9.43. The van der Waals surface area contributed by atoms with E-state index in [9.17, 15) is 8.42 Å². The Balaban J connectivity index is 1.82. The Bertz CT molecular complexity index is 676. The summed E-state index contributed by atoms with van der Waals surface area (Å²) in [5.74, 6) is 1.79. The molecule has 1 saturated heterocycles. The molecule has 1 aliphatic heterocycles. The van der Waals surface area contributed by atoms with Crippen LogP contribution in [0.2, 0.25) is 0 Å². The van der Waals surface area contributed by atoms with Crippen LogP contribution in [0.5, 0.6) is 0 Å². The van der Waals surface area contributed by atoms with E-state index >= 15 is 0 Å². The van der Waals surface area contributed by atoms with Gasteiger partial charge in [0.1, 0.15) is 0 Å². The Labute approximate surface area is 145 Å². The number of rotatable bonds is 6. The average molecular weight is 352 g/mol. The van der Waals surface area contributed by atoms with Crippen molar-refractivity contribution >= 4 is 17.2 Å². The molecule has 132 valence electrons. The molecule has 1 aromatic rings. The van der Waals surface area contributed by atoms with Crippen LogP contribution in [0, 0.1) is 6.92 Å². The van der Waals surface area contributed by atoms with Crippen LogP contribution in [0.4, 0.5) is 0 Å². The minimum absolute atomic E-state index is 0.0756. The lowest BCUT2D eigenvalue weighted by atomic mass is 9.90. The second-order valence-electron chi connectivity index (χ2n) is 6.93. The van der Waals surface area contributed by atoms with Crippen LogP contribution in [0.1, 0.15) is 39.7 Å². The van der Waals surface area contributed by atoms with Gasteiger partial charge < -0.3 is 9.31 Å². The fourth-order valence-electron chi connectivity index (χ4n) is 2.17. The van der Waals surface area contributed by atoms with Crippen molar-refractivity contribution in [1.29, 1.82) is 0 Å². The molecular weight excluding hydrogens is 327 g/mol. The molecule has 1 fully saturated rings. The first kappa shape index (κ1) is 19.2. The van der Waals surface area contributed by atoms with E-state index in [4.69, 9.17) is 13.5 Å². The Kier molecular flexibility index (Phi) is 5.59. The van der Waals surface area contributed by atoms with Gasteiger partial charge in [0, 0.05) is 0 Å². The van der Waals surface area contributed by atoms with Crippen molar-refractivity contribution in [2.75, 3.05) is 6.61 Å². The largest absolute Gasteiger partial charge is 0.486 e. The lowest BCUT2D eigenvalue weighted by Gasteiger charge is -2.32. The predicted octanol–water partition coefficient (Wildman–Crippen LogP) is 3.28. The van der Waals surface area contributed by atoms with Crippen LogP contribution in [-0.2, 0) is 23.6 Å². The summed E-state index contributed by atoms with van der Waals surface area (Å²) >= 11 is 0. The van der Waals surface area contributed by atoms with E-state index in [-0.39, 0.29) is 22.7 Å². The maximum absolute atomic E-state index is 12.0. The van der Waals surface area contributed by atoms with Gasteiger partial charge in [-0.2, -0.15) is 8.42 Å². The zero-order valence-electron chi connectivity index (χ0n) is 14.9. The summed E-state index contributed by atoms with van der Waals surface area (Å²) in [6, 6.07) is 6.58. The van der Waals surface area contributed by atoms with Gasteiger partial charge in [-0.3, -0.25) is 4.18 Å². The molecule has 0 spiro atoms. The van der Waals surface area contributed by atoms with Crippen molar-refractivity contribution in [2.24, 2.45) is 0 Å². The lowest BCUT2D eigenvalue weighted by molar-refractivity contribution is 0.00578. The summed E-state index contributed by atoms with van der Waals surface area (Å²) in [6.07, 6.45) is 2.27. The fourth-order valence-corrected chi connectivity index (χ4v) is 3.09. The van der Waals surface area contributed by atoms with Gasteiger partial charge in [-0.05, 0) is 53.2 Å². The summed E-state index contributed by atoms with van der Waals surface area (Å²) in [6.45, 7) is 9.91. The van der Waals surface area contributed by atoms with Gasteiger partial charge in [0.2, 0.25) is 0 Å². The highest BCUT2D eigenvalue weighted by Crippen LogP contribution is 2.36. The molecule has 0 unspecified atom stereocenters. The maximum Gasteiger partial charge on any atom is 0.486 e. The third-order valence-electron chi connectivity index (χ3n) is 4.40. The average Bonchev–Trinajstić information content (AvgIpc) is 2.66. The summed E-state index contributed by atoms with van der Waals surface area (Å²) in [5, 5.41) is 0. The molecule has 0 aliphatic carbocycles. The molecule has 0 amide bonds. The van der Waals surface area contributed by atoms with Crippen molar-refractivity contribution in [3.05, 3.63) is 41.9 Å². The monoisotopic (exact) mass is 352 g/mol. The highest BCUT2D eigenvalue weighted by Gasteiger charge is 2.49. The smallest absolute Gasteiger partial charge is 0.400 e. The molecule has 2 rings (SSSR count). The van der Waals surface area contributed by atoms with Crippen LogP contribution in [0.15, 0.2) is 41.2 Å². The minimum Gasteiger partial charge on any atom is -0.400 e. The number of hydrogen-bond acceptors (Lipinski definition) is 5. The topological polar surface area (TPSA) is 61.8 Å². The Morgan fingerprint density at radius 3 is 2.17 bits per heavy atom. The molecule has 0 N–H and O–H groups in total. The summed E-state index contributed by atoms with van der Waals surface area (Å²) < 4.78 is 40.8. The molecular formula is C17H25BO5S. The highest BCUT2D eigenvalue weighted by atomic mass is 32.2. The number of hydrogen-bond donors (Lipinski definition) is 0. The number of benzene rings is 1. The van der Waals surface area contributed by atoms with E-state index < -0.39 is 17.2 Å². The van der Waals surface area contributed by atoms with Crippen molar-refractivity contribution < 1.29 is 21.9 Å². The van der Waals surface area contributed by atoms with Gasteiger partial charge in [-0.1, -0.05) is 29.7 Å². The predicted molar refractivity (Wildman–Crippen MR) is 94.2 cm³/mol. The van der Waals surface area contributed by atoms with Crippen LogP contribution in [0.3, 0.4) is 0 Å². The standard InChI is InChI=1S/C17H25BO5S/c1-14-8-10-15(11-9-14)24(19,20)21-13-7-6-12-18-22-16(2,3)17(4,5)23-18/h6,8-12H,7,13H2,1-5H3. The van der Waals surface area contributed by atoms with Crippen LogP contribution < -0.4 is 0 Å². The SMILES string of the molecule is Cc1ccc(S(=O)(=O)OCCC=CB2OC(C)(C)C(C)(C)O2)cc1. The molecule has 1 aromatic carbocycles. The van der Waals surface area contributed by atoms with E-state index in [1.54, 1.807) is 30.2 Å². The normalized spacial score (nSPS) is 20.0. The number of aryl methyl sites for hydroxylation is 1. The van der Waals surface area contributed by atoms with E-state index in [1.807, 2.05) is 40.7 Å².